The number of fused-ring (bicyclic) bond motifs is 5. The van der Waals surface area contributed by atoms with Gasteiger partial charge < -0.3 is 44.5 Å². The third-order valence-electron chi connectivity index (χ3n) is 11.4. The summed E-state index contributed by atoms with van der Waals surface area (Å²) < 4.78 is 16.8. The fraction of sp³-hybridized carbons (Fsp3) is 0.793. The van der Waals surface area contributed by atoms with E-state index in [9.17, 15) is 35.1 Å². The molecule has 6 aliphatic rings. The molecule has 0 aromatic rings. The maximum Gasteiger partial charge on any atom is 0.331 e. The van der Waals surface area contributed by atoms with Gasteiger partial charge in [-0.25, -0.2) is 4.79 Å². The molecule has 4 aliphatic carbocycles. The number of carbonyl (C=O) groups is 2. The maximum absolute atomic E-state index is 12.9. The van der Waals surface area contributed by atoms with Crippen molar-refractivity contribution in [3.8, 4) is 0 Å². The lowest BCUT2D eigenvalue weighted by Gasteiger charge is -2.60. The van der Waals surface area contributed by atoms with Crippen molar-refractivity contribution in [3.63, 3.8) is 0 Å². The van der Waals surface area contributed by atoms with E-state index in [1.54, 1.807) is 6.08 Å². The summed E-state index contributed by atoms with van der Waals surface area (Å²) in [7, 11) is 0. The lowest BCUT2D eigenvalue weighted by atomic mass is 9.45. The van der Waals surface area contributed by atoms with E-state index in [1.807, 2.05) is 0 Å². The highest BCUT2D eigenvalue weighted by Gasteiger charge is 2.67. The minimum atomic E-state index is -1.51. The maximum atomic E-state index is 12.9. The van der Waals surface area contributed by atoms with Gasteiger partial charge in [0, 0.05) is 11.5 Å². The summed E-state index contributed by atoms with van der Waals surface area (Å²) in [6, 6.07) is 0. The quantitative estimate of drug-likeness (QED) is 0.186. The van der Waals surface area contributed by atoms with Gasteiger partial charge in [0.1, 0.15) is 37.3 Å². The van der Waals surface area contributed by atoms with E-state index in [-0.39, 0.29) is 29.8 Å². The second-order valence-electron chi connectivity index (χ2n) is 12.8. The Bertz CT molecular complexity index is 1070. The van der Waals surface area contributed by atoms with Gasteiger partial charge in [0.05, 0.1) is 23.7 Å². The number of rotatable bonds is 5. The van der Waals surface area contributed by atoms with E-state index in [2.05, 4.69) is 13.0 Å². The summed E-state index contributed by atoms with van der Waals surface area (Å²) in [6.45, 7) is 1.91. The second-order valence-corrected chi connectivity index (χ2v) is 12.8. The molecule has 0 bridgehead atoms. The van der Waals surface area contributed by atoms with Crippen LogP contribution in [0.25, 0.3) is 0 Å². The first-order chi connectivity index (χ1) is 18.6. The predicted molar refractivity (Wildman–Crippen MR) is 135 cm³/mol. The van der Waals surface area contributed by atoms with Crippen molar-refractivity contribution in [2.24, 2.45) is 28.6 Å². The van der Waals surface area contributed by atoms with Gasteiger partial charge in [0.2, 0.25) is 0 Å². The Hall–Kier alpha value is -1.66. The first-order valence-corrected chi connectivity index (χ1v) is 14.3. The minimum Gasteiger partial charge on any atom is -0.458 e. The molecule has 39 heavy (non-hydrogen) atoms. The third-order valence-corrected chi connectivity index (χ3v) is 11.4. The molecule has 0 spiro atoms. The van der Waals surface area contributed by atoms with Crippen LogP contribution in [0.1, 0.15) is 58.3 Å². The SMILES string of the molecule is C[C@]12CC[C@H]3[C@@H](CC=C4C[C@@H](O[C@H]5O[C@@H](CO)[C@H](O)[C@@H](O)[C@@H]5O)CC[C@@]43C=O)[C@@]1(O)CC[C@@H]2C1=CC(=O)OC1. The Morgan fingerprint density at radius 3 is 2.56 bits per heavy atom. The molecule has 1 saturated heterocycles. The Morgan fingerprint density at radius 1 is 1.08 bits per heavy atom. The largest absolute Gasteiger partial charge is 0.458 e. The van der Waals surface area contributed by atoms with Crippen LogP contribution in [-0.2, 0) is 23.8 Å². The monoisotopic (exact) mass is 548 g/mol. The van der Waals surface area contributed by atoms with Crippen molar-refractivity contribution in [1.82, 2.24) is 0 Å². The first kappa shape index (κ1) is 27.5. The fourth-order valence-electron chi connectivity index (χ4n) is 9.19. The van der Waals surface area contributed by atoms with Gasteiger partial charge in [-0.2, -0.15) is 0 Å². The Morgan fingerprint density at radius 2 is 1.87 bits per heavy atom. The molecular formula is C29H40O10. The summed E-state index contributed by atoms with van der Waals surface area (Å²) in [5, 5.41) is 52.4. The zero-order chi connectivity index (χ0) is 27.7. The van der Waals surface area contributed by atoms with Gasteiger partial charge in [-0.15, -0.1) is 0 Å². The number of hydrogen-bond donors (Lipinski definition) is 5. The van der Waals surface area contributed by atoms with Crippen LogP contribution in [0, 0.1) is 28.6 Å². The summed E-state index contributed by atoms with van der Waals surface area (Å²) in [5.74, 6) is -0.312. The number of ether oxygens (including phenoxy) is 3. The molecule has 2 heterocycles. The Balaban J connectivity index is 1.22. The molecule has 0 amide bonds. The molecule has 0 aromatic heterocycles. The molecule has 12 atom stereocenters. The van der Waals surface area contributed by atoms with Crippen molar-refractivity contribution in [1.29, 1.82) is 0 Å². The molecule has 5 N–H and O–H groups in total. The number of cyclic esters (lactones) is 1. The zero-order valence-corrected chi connectivity index (χ0v) is 22.3. The molecule has 0 radical (unpaired) electrons. The van der Waals surface area contributed by atoms with Crippen LogP contribution in [0.5, 0.6) is 0 Å². The van der Waals surface area contributed by atoms with Gasteiger partial charge in [-0.05, 0) is 74.7 Å². The minimum absolute atomic E-state index is 0.00419. The average Bonchev–Trinajstić information content (AvgIpc) is 3.48. The van der Waals surface area contributed by atoms with Gasteiger partial charge in [0.15, 0.2) is 6.29 Å². The summed E-state index contributed by atoms with van der Waals surface area (Å²) in [4.78, 5) is 24.7. The van der Waals surface area contributed by atoms with Crippen LogP contribution >= 0.6 is 0 Å². The van der Waals surface area contributed by atoms with Crippen LogP contribution < -0.4 is 0 Å². The fourth-order valence-corrected chi connectivity index (χ4v) is 9.19. The van der Waals surface area contributed by atoms with E-state index in [4.69, 9.17) is 14.2 Å². The highest BCUT2D eigenvalue weighted by atomic mass is 16.7. The van der Waals surface area contributed by atoms with Crippen molar-refractivity contribution in [2.75, 3.05) is 13.2 Å². The third kappa shape index (κ3) is 3.94. The van der Waals surface area contributed by atoms with Gasteiger partial charge in [0.25, 0.3) is 0 Å². The van der Waals surface area contributed by atoms with Crippen molar-refractivity contribution in [2.45, 2.75) is 101 Å². The Kier molecular flexibility index (Phi) is 6.85. The molecule has 0 aromatic carbocycles. The van der Waals surface area contributed by atoms with Crippen LogP contribution in [0.15, 0.2) is 23.3 Å². The Labute approximate surface area is 227 Å². The normalized spacial score (nSPS) is 51.2. The van der Waals surface area contributed by atoms with Crippen molar-refractivity contribution in [3.05, 3.63) is 23.3 Å². The zero-order valence-electron chi connectivity index (χ0n) is 22.3. The van der Waals surface area contributed by atoms with Crippen LogP contribution in [0.3, 0.4) is 0 Å². The van der Waals surface area contributed by atoms with E-state index in [0.29, 0.717) is 38.7 Å². The van der Waals surface area contributed by atoms with E-state index >= 15 is 0 Å². The number of aldehydes is 1. The molecule has 0 unspecified atom stereocenters. The molecule has 10 nitrogen and oxygen atoms in total. The van der Waals surface area contributed by atoms with Gasteiger partial charge >= 0.3 is 5.97 Å². The summed E-state index contributed by atoms with van der Waals surface area (Å²) in [5.41, 5.74) is -0.0839. The molecule has 4 fully saturated rings. The number of aliphatic hydroxyl groups excluding tert-OH is 4. The smallest absolute Gasteiger partial charge is 0.331 e. The summed E-state index contributed by atoms with van der Waals surface area (Å²) in [6.07, 6.45) is 2.85. The van der Waals surface area contributed by atoms with Crippen LogP contribution in [0.2, 0.25) is 0 Å². The summed E-state index contributed by atoms with van der Waals surface area (Å²) >= 11 is 0. The molecule has 6 rings (SSSR count). The van der Waals surface area contributed by atoms with E-state index in [1.165, 1.54) is 0 Å². The second kappa shape index (κ2) is 9.72. The van der Waals surface area contributed by atoms with Crippen molar-refractivity contribution < 1.29 is 49.3 Å². The molecule has 3 saturated carbocycles. The average molecular weight is 549 g/mol. The lowest BCUT2D eigenvalue weighted by molar-refractivity contribution is -0.313. The number of aliphatic hydroxyl groups is 5. The molecule has 10 heteroatoms. The number of esters is 1. The standard InChI is InChI=1S/C29H40O10/c1-27-7-5-19-20(29(27,36)9-6-18(27)15-10-22(32)37-13-15)3-2-16-11-17(4-8-28(16,19)14-31)38-26-25(35)24(34)23(33)21(12-30)39-26/h2,10,14,17-21,23-26,30,33-36H,3-9,11-13H2,1H3/t17-,18+,19-,20+,21-,23-,24+,25-,26-,27+,28+,29-/m0/s1. The number of carbonyl (C=O) groups excluding carboxylic acids is 2. The molecule has 2 aliphatic heterocycles. The van der Waals surface area contributed by atoms with E-state index < -0.39 is 53.7 Å². The van der Waals surface area contributed by atoms with Gasteiger partial charge in [-0.1, -0.05) is 18.6 Å². The van der Waals surface area contributed by atoms with Crippen LogP contribution in [0.4, 0.5) is 0 Å². The molecular weight excluding hydrogens is 508 g/mol. The lowest BCUT2D eigenvalue weighted by Crippen LogP contribution is -2.62. The predicted octanol–water partition coefficient (Wildman–Crippen LogP) is 0.528. The van der Waals surface area contributed by atoms with Crippen molar-refractivity contribution >= 4 is 12.3 Å². The highest BCUT2D eigenvalue weighted by molar-refractivity contribution is 5.85. The van der Waals surface area contributed by atoms with Crippen LogP contribution in [-0.4, -0.2) is 93.4 Å². The topological polar surface area (TPSA) is 163 Å². The number of allylic oxidation sites excluding steroid dienone is 1. The highest BCUT2D eigenvalue weighted by Crippen LogP contribution is 2.68. The molecule has 216 valence electrons. The first-order valence-electron chi connectivity index (χ1n) is 14.3. The number of hydrogen-bond acceptors (Lipinski definition) is 10. The van der Waals surface area contributed by atoms with Gasteiger partial charge in [-0.3, -0.25) is 0 Å². The van der Waals surface area contributed by atoms with E-state index in [0.717, 1.165) is 36.7 Å².